The predicted molar refractivity (Wildman–Crippen MR) is 96.0 cm³/mol. The molecule has 2 aromatic carbocycles. The van der Waals surface area contributed by atoms with Gasteiger partial charge in [0.1, 0.15) is 11.3 Å². The number of aryl methyl sites for hydroxylation is 1. The van der Waals surface area contributed by atoms with Crippen molar-refractivity contribution in [3.05, 3.63) is 59.2 Å². The second-order valence-electron chi connectivity index (χ2n) is 5.73. The summed E-state index contributed by atoms with van der Waals surface area (Å²) in [5.41, 5.74) is 1.02. The molecule has 0 unspecified atom stereocenters. The average Bonchev–Trinajstić information content (AvgIpc) is 2.67. The first kappa shape index (κ1) is 20.8. The zero-order valence-corrected chi connectivity index (χ0v) is 15.2. The molecule has 28 heavy (non-hydrogen) atoms. The molecule has 0 fully saturated rings. The number of methoxy groups -OCH3 is 1. The molecule has 0 aliphatic heterocycles. The van der Waals surface area contributed by atoms with Gasteiger partial charge in [-0.25, -0.2) is 13.6 Å². The molecule has 2 aromatic rings. The Balaban J connectivity index is 1.81. The van der Waals surface area contributed by atoms with Crippen LogP contribution in [0.3, 0.4) is 0 Å². The fourth-order valence-corrected chi connectivity index (χ4v) is 2.20. The summed E-state index contributed by atoms with van der Waals surface area (Å²) in [6.45, 7) is 0.742. The van der Waals surface area contributed by atoms with Gasteiger partial charge in [-0.1, -0.05) is 11.6 Å². The number of hydrogen-bond acceptors (Lipinski definition) is 5. The standard InChI is InChI=1S/C19H18F2N2O5/c1-11-3-6-16(27-2)13(7-11)19(26)28-10-18(25)22-9-17(24)23-12-4-5-14(20)15(21)8-12/h3-8H,9-10H2,1-2H3,(H,22,25)(H,23,24). The van der Waals surface area contributed by atoms with Crippen LogP contribution in [0.5, 0.6) is 5.75 Å². The van der Waals surface area contributed by atoms with Crippen molar-refractivity contribution >= 4 is 23.5 Å². The number of hydrogen-bond donors (Lipinski definition) is 2. The molecule has 0 aromatic heterocycles. The zero-order valence-electron chi connectivity index (χ0n) is 15.2. The van der Waals surface area contributed by atoms with Gasteiger partial charge >= 0.3 is 5.97 Å². The zero-order chi connectivity index (χ0) is 20.7. The third-order valence-corrected chi connectivity index (χ3v) is 3.56. The minimum atomic E-state index is -1.11. The van der Waals surface area contributed by atoms with Crippen molar-refractivity contribution in [3.8, 4) is 5.75 Å². The van der Waals surface area contributed by atoms with E-state index in [0.29, 0.717) is 5.75 Å². The van der Waals surface area contributed by atoms with Crippen molar-refractivity contribution in [3.63, 3.8) is 0 Å². The number of benzene rings is 2. The number of amides is 2. The average molecular weight is 392 g/mol. The van der Waals surface area contributed by atoms with E-state index in [1.54, 1.807) is 25.1 Å². The lowest BCUT2D eigenvalue weighted by Crippen LogP contribution is -2.35. The summed E-state index contributed by atoms with van der Waals surface area (Å²) in [6, 6.07) is 7.78. The molecule has 0 radical (unpaired) electrons. The Labute approximate surface area is 159 Å². The van der Waals surface area contributed by atoms with E-state index in [0.717, 1.165) is 17.7 Å². The number of nitrogens with one attached hydrogen (secondary N) is 2. The normalized spacial score (nSPS) is 10.1. The molecule has 0 aliphatic carbocycles. The number of halogens is 2. The molecule has 0 spiro atoms. The van der Waals surface area contributed by atoms with Crippen molar-refractivity contribution in [2.75, 3.05) is 25.6 Å². The van der Waals surface area contributed by atoms with Crippen LogP contribution in [0, 0.1) is 18.6 Å². The smallest absolute Gasteiger partial charge is 0.342 e. The number of esters is 1. The summed E-state index contributed by atoms with van der Waals surface area (Å²) in [4.78, 5) is 35.6. The lowest BCUT2D eigenvalue weighted by Gasteiger charge is -2.10. The molecule has 2 amide bonds. The lowest BCUT2D eigenvalue weighted by molar-refractivity contribution is -0.126. The highest BCUT2D eigenvalue weighted by Gasteiger charge is 2.16. The maximum atomic E-state index is 13.1. The van der Waals surface area contributed by atoms with Gasteiger partial charge in [-0.15, -0.1) is 0 Å². The first-order valence-corrected chi connectivity index (χ1v) is 8.13. The van der Waals surface area contributed by atoms with Crippen LogP contribution in [0.25, 0.3) is 0 Å². The Morgan fingerprint density at radius 3 is 2.43 bits per heavy atom. The minimum absolute atomic E-state index is 0.0381. The van der Waals surface area contributed by atoms with E-state index in [1.165, 1.54) is 13.2 Å². The van der Waals surface area contributed by atoms with Crippen molar-refractivity contribution < 1.29 is 32.6 Å². The molecule has 0 aliphatic rings. The summed E-state index contributed by atoms with van der Waals surface area (Å²) in [5.74, 6) is -3.96. The summed E-state index contributed by atoms with van der Waals surface area (Å²) in [5, 5.41) is 4.54. The van der Waals surface area contributed by atoms with Gasteiger partial charge in [0.05, 0.1) is 13.7 Å². The quantitative estimate of drug-likeness (QED) is 0.705. The van der Waals surface area contributed by atoms with Crippen LogP contribution in [0.15, 0.2) is 36.4 Å². The second kappa shape index (κ2) is 9.45. The van der Waals surface area contributed by atoms with Gasteiger partial charge in [0.15, 0.2) is 18.2 Å². The van der Waals surface area contributed by atoms with Gasteiger partial charge in [0.2, 0.25) is 5.91 Å². The fourth-order valence-electron chi connectivity index (χ4n) is 2.20. The van der Waals surface area contributed by atoms with E-state index in [-0.39, 0.29) is 11.3 Å². The van der Waals surface area contributed by atoms with Gasteiger partial charge in [-0.2, -0.15) is 0 Å². The maximum absolute atomic E-state index is 13.1. The van der Waals surface area contributed by atoms with E-state index in [1.807, 2.05) is 0 Å². The highest BCUT2D eigenvalue weighted by Crippen LogP contribution is 2.20. The summed E-state index contributed by atoms with van der Waals surface area (Å²) >= 11 is 0. The van der Waals surface area contributed by atoms with Crippen LogP contribution in [-0.4, -0.2) is 38.0 Å². The van der Waals surface area contributed by atoms with E-state index in [9.17, 15) is 23.2 Å². The lowest BCUT2D eigenvalue weighted by atomic mass is 10.1. The van der Waals surface area contributed by atoms with Crippen LogP contribution in [-0.2, 0) is 14.3 Å². The third kappa shape index (κ3) is 5.76. The number of carbonyl (C=O) groups is 3. The van der Waals surface area contributed by atoms with E-state index in [2.05, 4.69) is 10.6 Å². The highest BCUT2D eigenvalue weighted by atomic mass is 19.2. The number of rotatable bonds is 7. The molecule has 2 N–H and O–H groups in total. The van der Waals surface area contributed by atoms with Crippen LogP contribution in [0.4, 0.5) is 14.5 Å². The van der Waals surface area contributed by atoms with Gasteiger partial charge in [-0.05, 0) is 31.2 Å². The largest absolute Gasteiger partial charge is 0.496 e. The first-order valence-electron chi connectivity index (χ1n) is 8.13. The van der Waals surface area contributed by atoms with Crippen molar-refractivity contribution in [1.29, 1.82) is 0 Å². The Morgan fingerprint density at radius 2 is 1.75 bits per heavy atom. The molecule has 2 rings (SSSR count). The molecule has 0 bridgehead atoms. The molecular formula is C19H18F2N2O5. The summed E-state index contributed by atoms with van der Waals surface area (Å²) < 4.78 is 35.9. The molecule has 7 nitrogen and oxygen atoms in total. The van der Waals surface area contributed by atoms with Crippen LogP contribution < -0.4 is 15.4 Å². The minimum Gasteiger partial charge on any atom is -0.496 e. The Hall–Kier alpha value is -3.49. The van der Waals surface area contributed by atoms with Crippen molar-refractivity contribution in [1.82, 2.24) is 5.32 Å². The topological polar surface area (TPSA) is 93.7 Å². The van der Waals surface area contributed by atoms with E-state index in [4.69, 9.17) is 9.47 Å². The Bertz CT molecular complexity index is 902. The molecular weight excluding hydrogens is 374 g/mol. The highest BCUT2D eigenvalue weighted by molar-refractivity contribution is 5.96. The fraction of sp³-hybridized carbons (Fsp3) is 0.211. The van der Waals surface area contributed by atoms with Crippen LogP contribution >= 0.6 is 0 Å². The summed E-state index contributed by atoms with van der Waals surface area (Å²) in [7, 11) is 1.40. The molecule has 0 saturated carbocycles. The SMILES string of the molecule is COc1ccc(C)cc1C(=O)OCC(=O)NCC(=O)Nc1ccc(F)c(F)c1. The number of ether oxygens (including phenoxy) is 2. The maximum Gasteiger partial charge on any atom is 0.342 e. The van der Waals surface area contributed by atoms with E-state index >= 15 is 0 Å². The molecule has 148 valence electrons. The second-order valence-corrected chi connectivity index (χ2v) is 5.73. The molecule has 0 atom stereocenters. The molecule has 0 saturated heterocycles. The summed E-state index contributed by atoms with van der Waals surface area (Å²) in [6.07, 6.45) is 0. The monoisotopic (exact) mass is 392 g/mol. The van der Waals surface area contributed by atoms with Crippen molar-refractivity contribution in [2.45, 2.75) is 6.92 Å². The number of anilines is 1. The van der Waals surface area contributed by atoms with Gasteiger partial charge in [0.25, 0.3) is 5.91 Å². The van der Waals surface area contributed by atoms with Gasteiger partial charge in [-0.3, -0.25) is 9.59 Å². The van der Waals surface area contributed by atoms with Crippen LogP contribution in [0.1, 0.15) is 15.9 Å². The Kier molecular flexibility index (Phi) is 7.02. The Morgan fingerprint density at radius 1 is 1.00 bits per heavy atom. The first-order chi connectivity index (χ1) is 13.3. The van der Waals surface area contributed by atoms with Crippen LogP contribution in [0.2, 0.25) is 0 Å². The van der Waals surface area contributed by atoms with E-state index < -0.39 is 42.6 Å². The van der Waals surface area contributed by atoms with Gasteiger partial charge in [0, 0.05) is 11.8 Å². The third-order valence-electron chi connectivity index (χ3n) is 3.56. The van der Waals surface area contributed by atoms with Gasteiger partial charge < -0.3 is 20.1 Å². The predicted octanol–water partition coefficient (Wildman–Crippen LogP) is 2.19. The number of carbonyl (C=O) groups excluding carboxylic acids is 3. The molecule has 9 heteroatoms. The molecule has 0 heterocycles. The van der Waals surface area contributed by atoms with Crippen molar-refractivity contribution in [2.24, 2.45) is 0 Å².